The molecule has 0 saturated heterocycles. The Kier molecular flexibility index (Phi) is 5.30. The van der Waals surface area contributed by atoms with Gasteiger partial charge in [0.05, 0.1) is 10.9 Å². The molecule has 1 aromatic rings. The van der Waals surface area contributed by atoms with Crippen LogP contribution in [-0.4, -0.2) is 28.5 Å². The minimum absolute atomic E-state index is 0.0843. The van der Waals surface area contributed by atoms with Gasteiger partial charge in [-0.05, 0) is 12.1 Å². The highest BCUT2D eigenvalue weighted by Crippen LogP contribution is 2.18. The predicted molar refractivity (Wildman–Crippen MR) is 73.2 cm³/mol. The second-order valence-corrected chi connectivity index (χ2v) is 5.11. The maximum Gasteiger partial charge on any atom is 0.308 e. The summed E-state index contributed by atoms with van der Waals surface area (Å²) in [5, 5.41) is 9.43. The van der Waals surface area contributed by atoms with Crippen molar-refractivity contribution in [3.05, 3.63) is 23.4 Å². The van der Waals surface area contributed by atoms with Crippen molar-refractivity contribution in [1.82, 2.24) is 4.98 Å². The second kappa shape index (κ2) is 6.52. The van der Waals surface area contributed by atoms with Gasteiger partial charge in [0.2, 0.25) is 5.91 Å². The number of hydrogen-bond acceptors (Lipinski definition) is 3. The topological polar surface area (TPSA) is 70.5 Å². The van der Waals surface area contributed by atoms with Gasteiger partial charge in [-0.1, -0.05) is 32.4 Å². The van der Waals surface area contributed by atoms with Crippen LogP contribution in [0.15, 0.2) is 18.3 Å². The summed E-state index contributed by atoms with van der Waals surface area (Å²) >= 11 is 5.75. The average molecular weight is 285 g/mol. The van der Waals surface area contributed by atoms with E-state index in [1.807, 2.05) is 0 Å². The lowest BCUT2D eigenvalue weighted by atomic mass is 10.1. The van der Waals surface area contributed by atoms with Gasteiger partial charge in [0, 0.05) is 18.7 Å². The van der Waals surface area contributed by atoms with Gasteiger partial charge in [-0.3, -0.25) is 14.5 Å². The standard InChI is InChI=1S/C13H17ClN2O3/c1-8(2)12(17)16(7-9(3)13(18)19)11-5-4-10(14)6-15-11/h4-6,8-9H,7H2,1-3H3,(H,18,19). The van der Waals surface area contributed by atoms with E-state index >= 15 is 0 Å². The van der Waals surface area contributed by atoms with Crippen molar-refractivity contribution in [2.45, 2.75) is 20.8 Å². The predicted octanol–water partition coefficient (Wildman–Crippen LogP) is 2.44. The number of carbonyl (C=O) groups excluding carboxylic acids is 1. The molecule has 0 aliphatic heterocycles. The smallest absolute Gasteiger partial charge is 0.308 e. The molecule has 1 heterocycles. The van der Waals surface area contributed by atoms with Crippen LogP contribution in [0.1, 0.15) is 20.8 Å². The molecule has 1 N–H and O–H groups in total. The molecular formula is C13H17ClN2O3. The number of amides is 1. The molecule has 0 fully saturated rings. The number of hydrogen-bond donors (Lipinski definition) is 1. The number of aliphatic carboxylic acids is 1. The number of aromatic nitrogens is 1. The maximum atomic E-state index is 12.1. The van der Waals surface area contributed by atoms with E-state index in [9.17, 15) is 9.59 Å². The van der Waals surface area contributed by atoms with Gasteiger partial charge in [-0.2, -0.15) is 0 Å². The first-order chi connectivity index (χ1) is 8.82. The van der Waals surface area contributed by atoms with Crippen LogP contribution < -0.4 is 4.90 Å². The van der Waals surface area contributed by atoms with E-state index in [-0.39, 0.29) is 18.4 Å². The first-order valence-electron chi connectivity index (χ1n) is 5.98. The molecular weight excluding hydrogens is 268 g/mol. The van der Waals surface area contributed by atoms with Crippen molar-refractivity contribution >= 4 is 29.3 Å². The fourth-order valence-corrected chi connectivity index (χ4v) is 1.60. The molecule has 0 spiro atoms. The summed E-state index contributed by atoms with van der Waals surface area (Å²) in [6.45, 7) is 5.16. The molecule has 0 aliphatic rings. The summed E-state index contributed by atoms with van der Waals surface area (Å²) in [7, 11) is 0. The summed E-state index contributed by atoms with van der Waals surface area (Å²) < 4.78 is 0. The Bertz CT molecular complexity index is 459. The minimum Gasteiger partial charge on any atom is -0.481 e. The van der Waals surface area contributed by atoms with Crippen molar-refractivity contribution in [3.8, 4) is 0 Å². The van der Waals surface area contributed by atoms with Crippen LogP contribution in [0.4, 0.5) is 5.82 Å². The zero-order chi connectivity index (χ0) is 14.6. The Hall–Kier alpha value is -1.62. The van der Waals surface area contributed by atoms with Crippen molar-refractivity contribution in [2.24, 2.45) is 11.8 Å². The number of carboxylic acids is 1. The third-order valence-electron chi connectivity index (χ3n) is 2.63. The number of anilines is 1. The molecule has 0 aromatic carbocycles. The van der Waals surface area contributed by atoms with E-state index in [0.29, 0.717) is 10.8 Å². The Morgan fingerprint density at radius 3 is 2.42 bits per heavy atom. The van der Waals surface area contributed by atoms with Crippen LogP contribution in [0.25, 0.3) is 0 Å². The van der Waals surface area contributed by atoms with Crippen molar-refractivity contribution < 1.29 is 14.7 Å². The average Bonchev–Trinajstić information content (AvgIpc) is 2.35. The Labute approximate surface area is 117 Å². The van der Waals surface area contributed by atoms with E-state index in [1.165, 1.54) is 11.1 Å². The molecule has 1 rings (SSSR count). The van der Waals surface area contributed by atoms with Gasteiger partial charge >= 0.3 is 5.97 Å². The first-order valence-corrected chi connectivity index (χ1v) is 6.36. The van der Waals surface area contributed by atoms with Gasteiger partial charge in [0.15, 0.2) is 0 Å². The molecule has 5 nitrogen and oxygen atoms in total. The number of halogens is 1. The summed E-state index contributed by atoms with van der Waals surface area (Å²) in [6, 6.07) is 3.23. The monoisotopic (exact) mass is 284 g/mol. The van der Waals surface area contributed by atoms with Gasteiger partial charge < -0.3 is 5.11 Å². The van der Waals surface area contributed by atoms with Crippen molar-refractivity contribution in [3.63, 3.8) is 0 Å². The highest BCUT2D eigenvalue weighted by molar-refractivity contribution is 6.30. The van der Waals surface area contributed by atoms with Gasteiger partial charge in [-0.25, -0.2) is 4.98 Å². The summed E-state index contributed by atoms with van der Waals surface area (Å²) in [5.41, 5.74) is 0. The normalized spacial score (nSPS) is 12.3. The third kappa shape index (κ3) is 4.21. The minimum atomic E-state index is -0.949. The lowest BCUT2D eigenvalue weighted by Crippen LogP contribution is -2.39. The van der Waals surface area contributed by atoms with Gasteiger partial charge in [-0.15, -0.1) is 0 Å². The van der Waals surface area contributed by atoms with Crippen LogP contribution in [-0.2, 0) is 9.59 Å². The van der Waals surface area contributed by atoms with Crippen molar-refractivity contribution in [2.75, 3.05) is 11.4 Å². The number of nitrogens with zero attached hydrogens (tertiary/aromatic N) is 2. The molecule has 19 heavy (non-hydrogen) atoms. The molecule has 0 aliphatic carbocycles. The summed E-state index contributed by atoms with van der Waals surface area (Å²) in [6.07, 6.45) is 1.43. The molecule has 104 valence electrons. The zero-order valence-electron chi connectivity index (χ0n) is 11.1. The Morgan fingerprint density at radius 2 is 2.00 bits per heavy atom. The largest absolute Gasteiger partial charge is 0.481 e. The molecule has 0 saturated carbocycles. The Balaban J connectivity index is 3.01. The molecule has 1 aromatic heterocycles. The molecule has 0 radical (unpaired) electrons. The highest BCUT2D eigenvalue weighted by atomic mass is 35.5. The fraction of sp³-hybridized carbons (Fsp3) is 0.462. The van der Waals surface area contributed by atoms with Crippen LogP contribution in [0, 0.1) is 11.8 Å². The first kappa shape index (κ1) is 15.4. The molecule has 1 unspecified atom stereocenters. The van der Waals surface area contributed by atoms with E-state index in [2.05, 4.69) is 4.98 Å². The maximum absolute atomic E-state index is 12.1. The Morgan fingerprint density at radius 1 is 1.37 bits per heavy atom. The summed E-state index contributed by atoms with van der Waals surface area (Å²) in [4.78, 5) is 28.5. The fourth-order valence-electron chi connectivity index (χ4n) is 1.49. The van der Waals surface area contributed by atoms with Crippen molar-refractivity contribution in [1.29, 1.82) is 0 Å². The lowest BCUT2D eigenvalue weighted by molar-refractivity contribution is -0.140. The van der Waals surface area contributed by atoms with E-state index in [1.54, 1.807) is 32.9 Å². The SMILES string of the molecule is CC(C)C(=O)N(CC(C)C(=O)O)c1ccc(Cl)cn1. The number of carbonyl (C=O) groups is 2. The van der Waals surface area contributed by atoms with Gasteiger partial charge in [0.1, 0.15) is 5.82 Å². The number of rotatable bonds is 5. The van der Waals surface area contributed by atoms with Gasteiger partial charge in [0.25, 0.3) is 0 Å². The van der Waals surface area contributed by atoms with Crippen LogP contribution in [0.2, 0.25) is 5.02 Å². The molecule has 0 bridgehead atoms. The van der Waals surface area contributed by atoms with E-state index < -0.39 is 11.9 Å². The van der Waals surface area contributed by atoms with E-state index in [4.69, 9.17) is 16.7 Å². The molecule has 6 heteroatoms. The van der Waals surface area contributed by atoms with Crippen LogP contribution in [0.5, 0.6) is 0 Å². The third-order valence-corrected chi connectivity index (χ3v) is 2.85. The highest BCUT2D eigenvalue weighted by Gasteiger charge is 2.24. The molecule has 1 amide bonds. The van der Waals surface area contributed by atoms with Crippen LogP contribution >= 0.6 is 11.6 Å². The van der Waals surface area contributed by atoms with E-state index in [0.717, 1.165) is 0 Å². The molecule has 1 atom stereocenters. The quantitative estimate of drug-likeness (QED) is 0.901. The number of pyridine rings is 1. The van der Waals surface area contributed by atoms with Crippen LogP contribution in [0.3, 0.4) is 0 Å². The lowest BCUT2D eigenvalue weighted by Gasteiger charge is -2.25. The summed E-state index contributed by atoms with van der Waals surface area (Å²) in [5.74, 6) is -1.60. The number of carboxylic acid groups (broad SMARTS) is 1. The zero-order valence-corrected chi connectivity index (χ0v) is 11.9. The second-order valence-electron chi connectivity index (χ2n) is 4.68.